The van der Waals surface area contributed by atoms with Gasteiger partial charge in [-0.2, -0.15) is 11.8 Å². The van der Waals surface area contributed by atoms with E-state index in [0.717, 1.165) is 6.92 Å². The molecule has 0 radical (unpaired) electrons. The average molecular weight is 896 g/mol. The normalized spacial score (nSPS) is 16.0. The first kappa shape index (κ1) is 55.8. The Morgan fingerprint density at radius 2 is 1.07 bits per heavy atom. The van der Waals surface area contributed by atoms with Gasteiger partial charge in [-0.1, -0.05) is 34.1 Å². The number of nitrogens with one attached hydrogen (secondary N) is 8. The number of rotatable bonds is 29. The molecule has 0 spiro atoms. The Hall–Kier alpha value is -5.15. The number of hydrogen-bond acceptors (Lipinski definition) is 16. The Bertz CT molecular complexity index is 1540. The summed E-state index contributed by atoms with van der Waals surface area (Å²) in [5, 5.41) is 75.3. The molecule has 0 aliphatic rings. The van der Waals surface area contributed by atoms with Gasteiger partial charge in [0.1, 0.15) is 48.3 Å². The number of hydrogen-bond donors (Lipinski definition) is 15. The van der Waals surface area contributed by atoms with Crippen molar-refractivity contribution >= 4 is 71.0 Å². The Morgan fingerprint density at radius 1 is 0.590 bits per heavy atom. The molecule has 16 N–H and O–H groups in total. The molecule has 0 aromatic heterocycles. The van der Waals surface area contributed by atoms with Gasteiger partial charge in [-0.25, -0.2) is 4.79 Å². The van der Waals surface area contributed by atoms with E-state index < -0.39 is 158 Å². The highest BCUT2D eigenvalue weighted by Gasteiger charge is 2.36. The standard InChI is InChI=1S/C35H61N9O16S/c1-7-16(4)26(34(58)40-20(10-24(50)51)30(54)39-19(8-9-61-6)29(53)42-25(15(2)3)35(59)60)43-31(55)21(13-46)38-23(49)11-37-33(57)27(17(5)48)44-32(56)22(14-47)41-28(52)18(36)12-45/h15-22,25-27,45-48H,7-14,36H2,1-6H3,(H,37,57)(H,38,49)(H,39,54)(H,40,58)(H,41,52)(H,42,53)(H,43,55)(H,44,56)(H,50,51)(H,59,60)/t16-,17+,18-,19-,20-,21-,22-,25-,26-,27-/m0/s1. The number of nitrogens with two attached hydrogens (primary N) is 1. The minimum Gasteiger partial charge on any atom is -0.481 e. The summed E-state index contributed by atoms with van der Waals surface area (Å²) in [6.07, 6.45) is -0.613. The summed E-state index contributed by atoms with van der Waals surface area (Å²) in [5.41, 5.74) is 5.37. The van der Waals surface area contributed by atoms with Gasteiger partial charge in [0.25, 0.3) is 0 Å². The second-order valence-electron chi connectivity index (χ2n) is 14.2. The van der Waals surface area contributed by atoms with E-state index in [1.165, 1.54) is 18.7 Å². The van der Waals surface area contributed by atoms with Crippen LogP contribution in [0.1, 0.15) is 53.9 Å². The lowest BCUT2D eigenvalue weighted by molar-refractivity contribution is -0.144. The highest BCUT2D eigenvalue weighted by molar-refractivity contribution is 7.98. The van der Waals surface area contributed by atoms with Crippen molar-refractivity contribution in [2.45, 2.75) is 108 Å². The van der Waals surface area contributed by atoms with Crippen LogP contribution in [0.5, 0.6) is 0 Å². The molecule has 0 saturated heterocycles. The summed E-state index contributed by atoms with van der Waals surface area (Å²) in [6, 6.07) is -12.5. The Kier molecular flexibility index (Phi) is 26.0. The van der Waals surface area contributed by atoms with E-state index in [0.29, 0.717) is 5.75 Å². The van der Waals surface area contributed by atoms with Gasteiger partial charge in [0.15, 0.2) is 0 Å². The molecule has 0 unspecified atom stereocenters. The largest absolute Gasteiger partial charge is 0.481 e. The number of aliphatic hydroxyl groups is 4. The fraction of sp³-hybridized carbons (Fsp3) is 0.714. The molecular formula is C35H61N9O16S. The molecule has 0 bridgehead atoms. The molecule has 61 heavy (non-hydrogen) atoms. The van der Waals surface area contributed by atoms with Crippen molar-refractivity contribution in [3.63, 3.8) is 0 Å². The van der Waals surface area contributed by atoms with E-state index in [4.69, 9.17) is 10.8 Å². The molecule has 348 valence electrons. The maximum atomic E-state index is 13.6. The zero-order valence-electron chi connectivity index (χ0n) is 34.8. The van der Waals surface area contributed by atoms with Crippen LogP contribution < -0.4 is 48.3 Å². The van der Waals surface area contributed by atoms with Crippen LogP contribution in [0.4, 0.5) is 0 Å². The third-order valence-corrected chi connectivity index (χ3v) is 9.59. The van der Waals surface area contributed by atoms with Crippen LogP contribution in [-0.4, -0.2) is 183 Å². The lowest BCUT2D eigenvalue weighted by Crippen LogP contribution is -2.61. The molecule has 0 fully saturated rings. The van der Waals surface area contributed by atoms with E-state index in [-0.39, 0.29) is 12.8 Å². The molecule has 0 aliphatic heterocycles. The van der Waals surface area contributed by atoms with Crippen LogP contribution in [0.15, 0.2) is 0 Å². The van der Waals surface area contributed by atoms with E-state index in [1.54, 1.807) is 27.0 Å². The van der Waals surface area contributed by atoms with Gasteiger partial charge in [0.2, 0.25) is 47.3 Å². The molecule has 0 aromatic rings. The van der Waals surface area contributed by atoms with Gasteiger partial charge in [-0.3, -0.25) is 43.2 Å². The molecular weight excluding hydrogens is 834 g/mol. The van der Waals surface area contributed by atoms with Gasteiger partial charge in [0, 0.05) is 0 Å². The van der Waals surface area contributed by atoms with Crippen LogP contribution in [0.25, 0.3) is 0 Å². The Morgan fingerprint density at radius 3 is 1.52 bits per heavy atom. The Labute approximate surface area is 355 Å². The minimum atomic E-state index is -1.80. The zero-order valence-corrected chi connectivity index (χ0v) is 35.6. The van der Waals surface area contributed by atoms with Gasteiger partial charge >= 0.3 is 11.9 Å². The number of carboxylic acids is 2. The van der Waals surface area contributed by atoms with Crippen molar-refractivity contribution in [3.05, 3.63) is 0 Å². The maximum absolute atomic E-state index is 13.6. The molecule has 0 rings (SSSR count). The molecule has 0 saturated carbocycles. The van der Waals surface area contributed by atoms with Crippen LogP contribution in [0, 0.1) is 11.8 Å². The number of aliphatic hydroxyl groups excluding tert-OH is 4. The quantitative estimate of drug-likeness (QED) is 0.0332. The van der Waals surface area contributed by atoms with E-state index in [1.807, 2.05) is 5.32 Å². The van der Waals surface area contributed by atoms with Crippen molar-refractivity contribution < 1.29 is 78.6 Å². The first-order valence-electron chi connectivity index (χ1n) is 19.1. The van der Waals surface area contributed by atoms with Crippen molar-refractivity contribution in [2.24, 2.45) is 17.6 Å². The lowest BCUT2D eigenvalue weighted by Gasteiger charge is -2.28. The predicted octanol–water partition coefficient (Wildman–Crippen LogP) is -6.80. The molecule has 0 aliphatic carbocycles. The van der Waals surface area contributed by atoms with Gasteiger partial charge in [-0.05, 0) is 37.2 Å². The average Bonchev–Trinajstić information content (AvgIpc) is 3.20. The second-order valence-corrected chi connectivity index (χ2v) is 15.2. The molecule has 25 nitrogen and oxygen atoms in total. The third kappa shape index (κ3) is 19.9. The monoisotopic (exact) mass is 895 g/mol. The van der Waals surface area contributed by atoms with Crippen LogP contribution >= 0.6 is 11.8 Å². The van der Waals surface area contributed by atoms with Crippen molar-refractivity contribution in [1.29, 1.82) is 0 Å². The fourth-order valence-electron chi connectivity index (χ4n) is 5.08. The van der Waals surface area contributed by atoms with Crippen molar-refractivity contribution in [3.8, 4) is 0 Å². The number of carboxylic acid groups (broad SMARTS) is 2. The van der Waals surface area contributed by atoms with Gasteiger partial charge in [-0.15, -0.1) is 0 Å². The van der Waals surface area contributed by atoms with Gasteiger partial charge < -0.3 is 78.9 Å². The van der Waals surface area contributed by atoms with E-state index in [9.17, 15) is 73.5 Å². The number of thioether (sulfide) groups is 1. The van der Waals surface area contributed by atoms with Crippen LogP contribution in [0.2, 0.25) is 0 Å². The molecule has 26 heteroatoms. The van der Waals surface area contributed by atoms with Crippen molar-refractivity contribution in [1.82, 2.24) is 42.5 Å². The second kappa shape index (κ2) is 28.4. The molecule has 8 amide bonds. The van der Waals surface area contributed by atoms with E-state index in [2.05, 4.69) is 37.2 Å². The summed E-state index contributed by atoms with van der Waals surface area (Å²) in [4.78, 5) is 127. The van der Waals surface area contributed by atoms with Crippen molar-refractivity contribution in [2.75, 3.05) is 38.4 Å². The lowest BCUT2D eigenvalue weighted by atomic mass is 9.97. The van der Waals surface area contributed by atoms with Gasteiger partial charge in [0.05, 0.1) is 38.9 Å². The highest BCUT2D eigenvalue weighted by atomic mass is 32.2. The fourth-order valence-corrected chi connectivity index (χ4v) is 5.55. The number of amides is 8. The molecule has 0 heterocycles. The Balaban J connectivity index is 5.92. The predicted molar refractivity (Wildman–Crippen MR) is 215 cm³/mol. The SMILES string of the molecule is CC[C@H](C)[C@H](NC(=O)[C@H](CO)NC(=O)CNC(=O)[C@@H](NC(=O)[C@H](CO)NC(=O)[C@@H](N)CO)[C@@H](C)O)C(=O)N[C@@H](CC(=O)O)C(=O)N[C@@H](CCSC)C(=O)N[C@H](C(=O)O)C(C)C. The smallest absolute Gasteiger partial charge is 0.326 e. The molecule has 10 atom stereocenters. The molecule has 0 aromatic carbocycles. The topological polar surface area (TPSA) is 414 Å². The minimum absolute atomic E-state index is 0.00668. The first-order chi connectivity index (χ1) is 28.5. The number of carbonyl (C=O) groups is 10. The first-order valence-corrected chi connectivity index (χ1v) is 20.5. The third-order valence-electron chi connectivity index (χ3n) is 8.95. The highest BCUT2D eigenvalue weighted by Crippen LogP contribution is 2.11. The summed E-state index contributed by atoms with van der Waals surface area (Å²) in [6.45, 7) is 3.69. The summed E-state index contributed by atoms with van der Waals surface area (Å²) < 4.78 is 0. The number of aliphatic carboxylic acids is 2. The zero-order chi connectivity index (χ0) is 47.1. The maximum Gasteiger partial charge on any atom is 0.326 e. The number of carbonyl (C=O) groups excluding carboxylic acids is 8. The van der Waals surface area contributed by atoms with Crippen LogP contribution in [0.3, 0.4) is 0 Å². The van der Waals surface area contributed by atoms with E-state index >= 15 is 0 Å². The summed E-state index contributed by atoms with van der Waals surface area (Å²) >= 11 is 1.31. The summed E-state index contributed by atoms with van der Waals surface area (Å²) in [7, 11) is 0. The summed E-state index contributed by atoms with van der Waals surface area (Å²) in [5.74, 6) is -12.3. The van der Waals surface area contributed by atoms with Crippen LogP contribution in [-0.2, 0) is 47.9 Å².